The number of aliphatic hydroxyl groups is 1. The van der Waals surface area contributed by atoms with Gasteiger partial charge in [-0.1, -0.05) is 18.6 Å². The average Bonchev–Trinajstić information content (AvgIpc) is 3.00. The van der Waals surface area contributed by atoms with Crippen molar-refractivity contribution in [2.75, 3.05) is 25.9 Å². The van der Waals surface area contributed by atoms with E-state index in [-0.39, 0.29) is 0 Å². The second-order valence-electron chi connectivity index (χ2n) is 6.84. The first-order valence-electron chi connectivity index (χ1n) is 7.84. The predicted molar refractivity (Wildman–Crippen MR) is 82.2 cm³/mol. The standard InChI is InChI=1S/C17H26N2O/c1-19(10-15-8-12-5-6-13(15)7-12)11-17(20)14-3-2-4-16(18)9-14/h2-4,9,12-13,15,17,20H,5-8,10-11,18H2,1H3. The first-order valence-corrected chi connectivity index (χ1v) is 7.84. The Kier molecular flexibility index (Phi) is 3.99. The third-order valence-electron chi connectivity index (χ3n) is 5.21. The van der Waals surface area contributed by atoms with E-state index in [1.165, 1.54) is 25.7 Å². The van der Waals surface area contributed by atoms with Gasteiger partial charge in [-0.05, 0) is 61.8 Å². The minimum Gasteiger partial charge on any atom is -0.399 e. The molecule has 2 aliphatic carbocycles. The summed E-state index contributed by atoms with van der Waals surface area (Å²) in [6.45, 7) is 1.82. The van der Waals surface area contributed by atoms with E-state index in [4.69, 9.17) is 5.73 Å². The van der Waals surface area contributed by atoms with Crippen molar-refractivity contribution in [1.29, 1.82) is 0 Å². The molecule has 110 valence electrons. The highest BCUT2D eigenvalue weighted by molar-refractivity contribution is 5.41. The molecule has 1 aromatic rings. The third-order valence-corrected chi connectivity index (χ3v) is 5.21. The molecule has 20 heavy (non-hydrogen) atoms. The second kappa shape index (κ2) is 5.74. The summed E-state index contributed by atoms with van der Waals surface area (Å²) in [5, 5.41) is 10.3. The summed E-state index contributed by atoms with van der Waals surface area (Å²) < 4.78 is 0. The van der Waals surface area contributed by atoms with Crippen LogP contribution >= 0.6 is 0 Å². The fourth-order valence-electron chi connectivity index (χ4n) is 4.24. The SMILES string of the molecule is CN(CC(O)c1cccc(N)c1)CC1CC2CCC1C2. The summed E-state index contributed by atoms with van der Waals surface area (Å²) >= 11 is 0. The Labute approximate surface area is 121 Å². The van der Waals surface area contributed by atoms with Crippen molar-refractivity contribution >= 4 is 5.69 Å². The Hall–Kier alpha value is -1.06. The molecule has 0 heterocycles. The van der Waals surface area contributed by atoms with Crippen molar-refractivity contribution in [1.82, 2.24) is 4.90 Å². The summed E-state index contributed by atoms with van der Waals surface area (Å²) in [6, 6.07) is 7.58. The van der Waals surface area contributed by atoms with Crippen LogP contribution < -0.4 is 5.73 Å². The van der Waals surface area contributed by atoms with Crippen LogP contribution in [0.25, 0.3) is 0 Å². The predicted octanol–water partition coefficient (Wildman–Crippen LogP) is 2.67. The van der Waals surface area contributed by atoms with E-state index < -0.39 is 6.10 Å². The van der Waals surface area contributed by atoms with E-state index in [0.717, 1.165) is 35.5 Å². The highest BCUT2D eigenvalue weighted by Crippen LogP contribution is 2.48. The molecule has 0 aromatic heterocycles. The molecule has 3 heteroatoms. The third kappa shape index (κ3) is 2.99. The fourth-order valence-corrected chi connectivity index (χ4v) is 4.24. The van der Waals surface area contributed by atoms with Crippen LogP contribution in [0.15, 0.2) is 24.3 Å². The Bertz CT molecular complexity index is 462. The van der Waals surface area contributed by atoms with Crippen LogP contribution in [0.1, 0.15) is 37.4 Å². The van der Waals surface area contributed by atoms with Gasteiger partial charge in [0.1, 0.15) is 0 Å². The summed E-state index contributed by atoms with van der Waals surface area (Å²) in [4.78, 5) is 2.29. The van der Waals surface area contributed by atoms with Crippen molar-refractivity contribution in [3.8, 4) is 0 Å². The molecule has 3 nitrogen and oxygen atoms in total. The number of rotatable bonds is 5. The monoisotopic (exact) mass is 274 g/mol. The average molecular weight is 274 g/mol. The molecule has 3 rings (SSSR count). The van der Waals surface area contributed by atoms with Crippen molar-refractivity contribution in [2.24, 2.45) is 17.8 Å². The molecule has 2 aliphatic rings. The second-order valence-corrected chi connectivity index (χ2v) is 6.84. The highest BCUT2D eigenvalue weighted by Gasteiger charge is 2.39. The molecular formula is C17H26N2O. The van der Waals surface area contributed by atoms with Crippen LogP contribution in [0.2, 0.25) is 0 Å². The molecule has 0 aliphatic heterocycles. The van der Waals surface area contributed by atoms with Crippen molar-refractivity contribution in [3.05, 3.63) is 29.8 Å². The first kappa shape index (κ1) is 13.9. The molecule has 1 aromatic carbocycles. The molecular weight excluding hydrogens is 248 g/mol. The largest absolute Gasteiger partial charge is 0.399 e. The van der Waals surface area contributed by atoms with E-state index in [1.807, 2.05) is 24.3 Å². The number of aliphatic hydroxyl groups excluding tert-OH is 1. The van der Waals surface area contributed by atoms with E-state index >= 15 is 0 Å². The lowest BCUT2D eigenvalue weighted by Gasteiger charge is -2.28. The minimum absolute atomic E-state index is 0.443. The summed E-state index contributed by atoms with van der Waals surface area (Å²) in [6.07, 6.45) is 5.30. The van der Waals surface area contributed by atoms with Gasteiger partial charge in [0, 0.05) is 18.8 Å². The van der Waals surface area contributed by atoms with Crippen molar-refractivity contribution in [3.63, 3.8) is 0 Å². The van der Waals surface area contributed by atoms with Crippen LogP contribution in [-0.2, 0) is 0 Å². The van der Waals surface area contributed by atoms with Gasteiger partial charge in [0.2, 0.25) is 0 Å². The van der Waals surface area contributed by atoms with Gasteiger partial charge in [0.05, 0.1) is 6.10 Å². The van der Waals surface area contributed by atoms with Gasteiger partial charge in [0.15, 0.2) is 0 Å². The lowest BCUT2D eigenvalue weighted by molar-refractivity contribution is 0.110. The number of nitrogen functional groups attached to an aromatic ring is 1. The molecule has 0 amide bonds. The summed E-state index contributed by atoms with van der Waals surface area (Å²) in [7, 11) is 2.13. The van der Waals surface area contributed by atoms with Crippen LogP contribution in [0.3, 0.4) is 0 Å². The number of hydrogen-bond acceptors (Lipinski definition) is 3. The molecule has 0 spiro atoms. The zero-order valence-corrected chi connectivity index (χ0v) is 12.3. The smallest absolute Gasteiger partial charge is 0.0917 e. The minimum atomic E-state index is -0.443. The lowest BCUT2D eigenvalue weighted by Crippen LogP contribution is -2.32. The summed E-state index contributed by atoms with van der Waals surface area (Å²) in [5.74, 6) is 2.80. The molecule has 2 bridgehead atoms. The maximum Gasteiger partial charge on any atom is 0.0917 e. The maximum absolute atomic E-state index is 10.3. The number of benzene rings is 1. The number of hydrogen-bond donors (Lipinski definition) is 2. The molecule has 2 saturated carbocycles. The van der Waals surface area contributed by atoms with Gasteiger partial charge in [-0.15, -0.1) is 0 Å². The van der Waals surface area contributed by atoms with E-state index in [0.29, 0.717) is 6.54 Å². The number of fused-ring (bicyclic) bond motifs is 2. The van der Waals surface area contributed by atoms with E-state index in [1.54, 1.807) is 0 Å². The van der Waals surface area contributed by atoms with Crippen molar-refractivity contribution < 1.29 is 5.11 Å². The highest BCUT2D eigenvalue weighted by atomic mass is 16.3. The van der Waals surface area contributed by atoms with E-state index in [2.05, 4.69) is 11.9 Å². The zero-order valence-electron chi connectivity index (χ0n) is 12.3. The van der Waals surface area contributed by atoms with E-state index in [9.17, 15) is 5.11 Å². The molecule has 3 N–H and O–H groups in total. The molecule has 0 radical (unpaired) electrons. The van der Waals surface area contributed by atoms with Gasteiger partial charge in [-0.25, -0.2) is 0 Å². The number of nitrogens with zero attached hydrogens (tertiary/aromatic N) is 1. The van der Waals surface area contributed by atoms with Crippen LogP contribution in [0.5, 0.6) is 0 Å². The Morgan fingerprint density at radius 3 is 2.85 bits per heavy atom. The van der Waals surface area contributed by atoms with Gasteiger partial charge >= 0.3 is 0 Å². The van der Waals surface area contributed by atoms with Gasteiger partial charge in [-0.2, -0.15) is 0 Å². The lowest BCUT2D eigenvalue weighted by atomic mass is 9.88. The van der Waals surface area contributed by atoms with Crippen LogP contribution in [0, 0.1) is 17.8 Å². The Morgan fingerprint density at radius 1 is 1.35 bits per heavy atom. The number of anilines is 1. The fraction of sp³-hybridized carbons (Fsp3) is 0.647. The van der Waals surface area contributed by atoms with Crippen LogP contribution in [-0.4, -0.2) is 30.1 Å². The first-order chi connectivity index (χ1) is 9.61. The number of nitrogens with two attached hydrogens (primary N) is 1. The number of likely N-dealkylation sites (N-methyl/N-ethyl adjacent to an activating group) is 1. The van der Waals surface area contributed by atoms with Gasteiger partial charge < -0.3 is 15.7 Å². The van der Waals surface area contributed by atoms with Crippen molar-refractivity contribution in [2.45, 2.75) is 31.8 Å². The topological polar surface area (TPSA) is 49.5 Å². The zero-order chi connectivity index (χ0) is 14.1. The van der Waals surface area contributed by atoms with Gasteiger partial charge in [-0.3, -0.25) is 0 Å². The quantitative estimate of drug-likeness (QED) is 0.812. The Morgan fingerprint density at radius 2 is 2.20 bits per heavy atom. The normalized spacial score (nSPS) is 30.1. The van der Waals surface area contributed by atoms with Crippen LogP contribution in [0.4, 0.5) is 5.69 Å². The van der Waals surface area contributed by atoms with Gasteiger partial charge in [0.25, 0.3) is 0 Å². The molecule has 4 atom stereocenters. The molecule has 0 saturated heterocycles. The molecule has 4 unspecified atom stereocenters. The molecule has 2 fully saturated rings. The summed E-state index contributed by atoms with van der Waals surface area (Å²) in [5.41, 5.74) is 7.42. The Balaban J connectivity index is 1.52. The maximum atomic E-state index is 10.3.